The Morgan fingerprint density at radius 1 is 1.32 bits per heavy atom. The molecular formula is C12H13BrN4O2. The maximum Gasteiger partial charge on any atom is 0.376 e. The predicted molar refractivity (Wildman–Crippen MR) is 72.4 cm³/mol. The Bertz CT molecular complexity index is 651. The normalized spacial score (nSPS) is 10.6. The molecule has 0 aliphatic carbocycles. The van der Waals surface area contributed by atoms with Gasteiger partial charge in [-0.2, -0.15) is 5.10 Å². The van der Waals surface area contributed by atoms with E-state index in [9.17, 15) is 4.79 Å². The van der Waals surface area contributed by atoms with E-state index in [1.165, 1.54) is 7.11 Å². The highest BCUT2D eigenvalue weighted by Crippen LogP contribution is 2.22. The number of carbonyl (C=O) groups is 1. The lowest BCUT2D eigenvalue weighted by Crippen LogP contribution is -2.12. The van der Waals surface area contributed by atoms with Crippen LogP contribution in [0.15, 0.2) is 10.5 Å². The molecule has 100 valence electrons. The van der Waals surface area contributed by atoms with E-state index >= 15 is 0 Å². The lowest BCUT2D eigenvalue weighted by molar-refractivity contribution is 0.0586. The smallest absolute Gasteiger partial charge is 0.376 e. The number of hydrogen-bond acceptors (Lipinski definition) is 5. The SMILES string of the molecule is COC(=O)c1nc(C)cc(-n2nc(C)c(Br)c2C)n1. The first kappa shape index (κ1) is 13.7. The van der Waals surface area contributed by atoms with E-state index in [1.54, 1.807) is 17.7 Å². The summed E-state index contributed by atoms with van der Waals surface area (Å²) in [7, 11) is 1.30. The number of esters is 1. The standard InChI is InChI=1S/C12H13BrN4O2/c1-6-5-9(15-11(14-6)12(18)19-4)17-8(3)10(13)7(2)16-17/h5H,1-4H3. The zero-order valence-corrected chi connectivity index (χ0v) is 12.6. The van der Waals surface area contributed by atoms with Crippen LogP contribution in [0.5, 0.6) is 0 Å². The van der Waals surface area contributed by atoms with Crippen molar-refractivity contribution in [2.45, 2.75) is 20.8 Å². The van der Waals surface area contributed by atoms with Gasteiger partial charge in [-0.1, -0.05) is 0 Å². The van der Waals surface area contributed by atoms with Crippen LogP contribution in [0.25, 0.3) is 5.82 Å². The average Bonchev–Trinajstić information content (AvgIpc) is 2.65. The van der Waals surface area contributed by atoms with Gasteiger partial charge in [-0.05, 0) is 36.7 Å². The van der Waals surface area contributed by atoms with Crippen LogP contribution < -0.4 is 0 Å². The van der Waals surface area contributed by atoms with Gasteiger partial charge in [-0.25, -0.2) is 19.4 Å². The van der Waals surface area contributed by atoms with Crippen LogP contribution in [0.1, 0.15) is 27.7 Å². The summed E-state index contributed by atoms with van der Waals surface area (Å²) in [5, 5.41) is 4.37. The molecule has 0 aliphatic heterocycles. The third-order valence-corrected chi connectivity index (χ3v) is 3.78. The van der Waals surface area contributed by atoms with Gasteiger partial charge in [0.2, 0.25) is 5.82 Å². The average molecular weight is 325 g/mol. The highest BCUT2D eigenvalue weighted by atomic mass is 79.9. The van der Waals surface area contributed by atoms with Gasteiger partial charge in [0.25, 0.3) is 0 Å². The van der Waals surface area contributed by atoms with Crippen LogP contribution in [0, 0.1) is 20.8 Å². The van der Waals surface area contributed by atoms with Gasteiger partial charge >= 0.3 is 5.97 Å². The fraction of sp³-hybridized carbons (Fsp3) is 0.333. The third kappa shape index (κ3) is 2.51. The van der Waals surface area contributed by atoms with E-state index in [0.717, 1.165) is 15.9 Å². The van der Waals surface area contributed by atoms with E-state index in [2.05, 4.69) is 35.7 Å². The van der Waals surface area contributed by atoms with Crippen molar-refractivity contribution in [3.8, 4) is 5.82 Å². The molecule has 2 aromatic heterocycles. The summed E-state index contributed by atoms with van der Waals surface area (Å²) in [6.07, 6.45) is 0. The number of aryl methyl sites for hydroxylation is 2. The molecule has 6 nitrogen and oxygen atoms in total. The minimum absolute atomic E-state index is 0.0289. The Kier molecular flexibility index (Phi) is 3.66. The molecule has 0 bridgehead atoms. The molecular weight excluding hydrogens is 312 g/mol. The highest BCUT2D eigenvalue weighted by molar-refractivity contribution is 9.10. The molecule has 0 fully saturated rings. The lowest BCUT2D eigenvalue weighted by atomic mass is 10.4. The minimum atomic E-state index is -0.564. The van der Waals surface area contributed by atoms with Crippen LogP contribution in [-0.4, -0.2) is 32.8 Å². The number of halogens is 1. The van der Waals surface area contributed by atoms with Crippen molar-refractivity contribution in [2.75, 3.05) is 7.11 Å². The molecule has 2 rings (SSSR count). The van der Waals surface area contributed by atoms with Crippen molar-refractivity contribution >= 4 is 21.9 Å². The molecule has 2 heterocycles. The summed E-state index contributed by atoms with van der Waals surface area (Å²) in [6, 6.07) is 1.76. The minimum Gasteiger partial charge on any atom is -0.463 e. The number of hydrogen-bond donors (Lipinski definition) is 0. The molecule has 0 unspecified atom stereocenters. The van der Waals surface area contributed by atoms with Crippen LogP contribution in [0.4, 0.5) is 0 Å². The molecule has 0 spiro atoms. The first-order chi connectivity index (χ1) is 8.93. The first-order valence-corrected chi connectivity index (χ1v) is 6.39. The van der Waals surface area contributed by atoms with Crippen LogP contribution in [0.2, 0.25) is 0 Å². The summed E-state index contributed by atoms with van der Waals surface area (Å²) >= 11 is 3.46. The Morgan fingerprint density at radius 2 is 2.00 bits per heavy atom. The van der Waals surface area contributed by atoms with Gasteiger partial charge in [0.1, 0.15) is 0 Å². The summed E-state index contributed by atoms with van der Waals surface area (Å²) in [6.45, 7) is 5.60. The lowest BCUT2D eigenvalue weighted by Gasteiger charge is -2.06. The summed E-state index contributed by atoms with van der Waals surface area (Å²) in [5.74, 6) is 0.00548. The molecule has 0 saturated heterocycles. The van der Waals surface area contributed by atoms with E-state index in [1.807, 2.05) is 13.8 Å². The van der Waals surface area contributed by atoms with E-state index in [4.69, 9.17) is 0 Å². The number of rotatable bonds is 2. The molecule has 0 aliphatic rings. The predicted octanol–water partition coefficient (Wildman–Crippen LogP) is 2.14. The molecule has 0 atom stereocenters. The first-order valence-electron chi connectivity index (χ1n) is 5.60. The van der Waals surface area contributed by atoms with Gasteiger partial charge in [-0.15, -0.1) is 0 Å². The molecule has 0 N–H and O–H groups in total. The second-order valence-electron chi connectivity index (χ2n) is 4.08. The van der Waals surface area contributed by atoms with E-state index < -0.39 is 5.97 Å². The number of nitrogens with zero attached hydrogens (tertiary/aromatic N) is 4. The Hall–Kier alpha value is -1.76. The van der Waals surface area contributed by atoms with Crippen molar-refractivity contribution < 1.29 is 9.53 Å². The zero-order chi connectivity index (χ0) is 14.2. The highest BCUT2D eigenvalue weighted by Gasteiger charge is 2.16. The fourth-order valence-electron chi connectivity index (χ4n) is 1.69. The fourth-order valence-corrected chi connectivity index (χ4v) is 1.94. The van der Waals surface area contributed by atoms with Gasteiger partial charge in [0.05, 0.1) is 23.0 Å². The van der Waals surface area contributed by atoms with Crippen LogP contribution >= 0.6 is 15.9 Å². The van der Waals surface area contributed by atoms with Gasteiger partial charge in [0.15, 0.2) is 5.82 Å². The van der Waals surface area contributed by atoms with Crippen LogP contribution in [-0.2, 0) is 4.74 Å². The second-order valence-corrected chi connectivity index (χ2v) is 4.87. The maximum atomic E-state index is 11.5. The van der Waals surface area contributed by atoms with Crippen molar-refractivity contribution in [2.24, 2.45) is 0 Å². The second kappa shape index (κ2) is 5.08. The number of aromatic nitrogens is 4. The van der Waals surface area contributed by atoms with E-state index in [0.29, 0.717) is 11.5 Å². The number of carbonyl (C=O) groups excluding carboxylic acids is 1. The Morgan fingerprint density at radius 3 is 2.53 bits per heavy atom. The molecule has 2 aromatic rings. The van der Waals surface area contributed by atoms with Crippen molar-refractivity contribution in [3.05, 3.63) is 33.4 Å². The maximum absolute atomic E-state index is 11.5. The molecule has 0 radical (unpaired) electrons. The van der Waals surface area contributed by atoms with Gasteiger partial charge in [-0.3, -0.25) is 0 Å². The van der Waals surface area contributed by atoms with Crippen molar-refractivity contribution in [1.82, 2.24) is 19.7 Å². The van der Waals surface area contributed by atoms with E-state index in [-0.39, 0.29) is 5.82 Å². The van der Waals surface area contributed by atoms with Crippen LogP contribution in [0.3, 0.4) is 0 Å². The summed E-state index contributed by atoms with van der Waals surface area (Å²) in [4.78, 5) is 19.8. The molecule has 19 heavy (non-hydrogen) atoms. The summed E-state index contributed by atoms with van der Waals surface area (Å²) < 4.78 is 7.23. The van der Waals surface area contributed by atoms with Gasteiger partial charge < -0.3 is 4.74 Å². The van der Waals surface area contributed by atoms with Gasteiger partial charge in [0, 0.05) is 11.8 Å². The van der Waals surface area contributed by atoms with Crippen molar-refractivity contribution in [3.63, 3.8) is 0 Å². The topological polar surface area (TPSA) is 69.9 Å². The largest absolute Gasteiger partial charge is 0.463 e. The molecule has 0 amide bonds. The zero-order valence-electron chi connectivity index (χ0n) is 11.1. The quantitative estimate of drug-likeness (QED) is 0.791. The number of ether oxygens (including phenoxy) is 1. The Labute approximate surface area is 119 Å². The van der Waals surface area contributed by atoms with Crippen molar-refractivity contribution in [1.29, 1.82) is 0 Å². The summed E-state index contributed by atoms with van der Waals surface area (Å²) in [5.41, 5.74) is 2.44. The monoisotopic (exact) mass is 324 g/mol. The molecule has 0 aromatic carbocycles. The molecule has 0 saturated carbocycles. The Balaban J connectivity index is 2.59. The molecule has 7 heteroatoms. The number of methoxy groups -OCH3 is 1. The third-order valence-electron chi connectivity index (χ3n) is 2.63.